The number of nitrogens with zero attached hydrogens (tertiary/aromatic N) is 3. The summed E-state index contributed by atoms with van der Waals surface area (Å²) in [5, 5.41) is 11.5. The van der Waals surface area contributed by atoms with Crippen LogP contribution < -0.4 is 15.7 Å². The highest BCUT2D eigenvalue weighted by Gasteiger charge is 2.34. The van der Waals surface area contributed by atoms with E-state index in [2.05, 4.69) is 16.4 Å². The van der Waals surface area contributed by atoms with E-state index in [4.69, 9.17) is 10.1 Å². The lowest BCUT2D eigenvalue weighted by Gasteiger charge is -2.19. The molecule has 1 atom stereocenters. The van der Waals surface area contributed by atoms with Gasteiger partial charge in [-0.25, -0.2) is 0 Å². The number of aryl methyl sites for hydroxylation is 2. The molecule has 0 spiro atoms. The van der Waals surface area contributed by atoms with Gasteiger partial charge in [-0.1, -0.05) is 0 Å². The Labute approximate surface area is 193 Å². The minimum Gasteiger partial charge on any atom is -0.493 e. The van der Waals surface area contributed by atoms with Crippen molar-refractivity contribution in [3.05, 3.63) is 76.9 Å². The number of nitrogens with one attached hydrogen (secondary N) is 2. The molecule has 7 nitrogen and oxygen atoms in total. The van der Waals surface area contributed by atoms with Crippen LogP contribution >= 0.6 is 0 Å². The van der Waals surface area contributed by atoms with E-state index in [1.165, 1.54) is 12.8 Å². The van der Waals surface area contributed by atoms with Gasteiger partial charge in [-0.15, -0.1) is 0 Å². The number of hydrogen-bond donors (Lipinski definition) is 2. The third-order valence-electron chi connectivity index (χ3n) is 6.48. The molecule has 172 valence electrons. The summed E-state index contributed by atoms with van der Waals surface area (Å²) in [7, 11) is 1.85. The molecule has 1 amide bonds. The number of hydrogen-bond acceptors (Lipinski definition) is 4. The molecule has 2 fully saturated rings. The predicted octanol–water partition coefficient (Wildman–Crippen LogP) is 3.73. The van der Waals surface area contributed by atoms with Crippen molar-refractivity contribution in [1.29, 1.82) is 5.41 Å². The number of benzene rings is 1. The van der Waals surface area contributed by atoms with Crippen molar-refractivity contribution in [3.8, 4) is 5.75 Å². The molecule has 0 saturated heterocycles. The van der Waals surface area contributed by atoms with Crippen LogP contribution in [0.1, 0.15) is 58.9 Å². The van der Waals surface area contributed by atoms with Crippen LogP contribution in [0.15, 0.2) is 48.9 Å². The van der Waals surface area contributed by atoms with E-state index < -0.39 is 0 Å². The Morgan fingerprint density at radius 1 is 1.21 bits per heavy atom. The van der Waals surface area contributed by atoms with E-state index in [1.54, 1.807) is 4.57 Å². The van der Waals surface area contributed by atoms with Crippen LogP contribution in [0.5, 0.6) is 5.75 Å². The second-order valence-corrected chi connectivity index (χ2v) is 9.53. The van der Waals surface area contributed by atoms with Gasteiger partial charge in [0.2, 0.25) is 5.62 Å². The van der Waals surface area contributed by atoms with E-state index in [0.717, 1.165) is 29.7 Å². The third-order valence-corrected chi connectivity index (χ3v) is 6.48. The first-order valence-corrected chi connectivity index (χ1v) is 11.7. The maximum atomic E-state index is 13.4. The molecular formula is C26H31N5O2. The lowest BCUT2D eigenvalue weighted by molar-refractivity contribution is 0.0930. The molecular weight excluding hydrogens is 414 g/mol. The monoisotopic (exact) mass is 445 g/mol. The highest BCUT2D eigenvalue weighted by atomic mass is 16.5. The van der Waals surface area contributed by atoms with Crippen molar-refractivity contribution >= 4 is 5.91 Å². The molecule has 2 aromatic heterocycles. The van der Waals surface area contributed by atoms with Crippen molar-refractivity contribution in [3.63, 3.8) is 0 Å². The van der Waals surface area contributed by atoms with Gasteiger partial charge in [-0.3, -0.25) is 15.2 Å². The normalized spacial score (nSPS) is 16.4. The fraction of sp³-hybridized carbons (Fsp3) is 0.423. The summed E-state index contributed by atoms with van der Waals surface area (Å²) in [4.78, 5) is 17.9. The van der Waals surface area contributed by atoms with Gasteiger partial charge >= 0.3 is 0 Å². The zero-order chi connectivity index (χ0) is 22.9. The van der Waals surface area contributed by atoms with Crippen LogP contribution in [-0.2, 0) is 13.6 Å². The molecule has 5 rings (SSSR count). The van der Waals surface area contributed by atoms with Crippen molar-refractivity contribution in [2.45, 2.75) is 45.2 Å². The zero-order valence-corrected chi connectivity index (χ0v) is 19.3. The lowest BCUT2D eigenvalue weighted by atomic mass is 10.0. The van der Waals surface area contributed by atoms with Crippen LogP contribution in [0.3, 0.4) is 0 Å². The fourth-order valence-electron chi connectivity index (χ4n) is 4.13. The number of rotatable bonds is 9. The van der Waals surface area contributed by atoms with Gasteiger partial charge in [0.05, 0.1) is 24.9 Å². The first-order chi connectivity index (χ1) is 16.0. The molecule has 33 heavy (non-hydrogen) atoms. The van der Waals surface area contributed by atoms with Gasteiger partial charge in [0.1, 0.15) is 5.75 Å². The number of amides is 1. The molecule has 0 aliphatic heterocycles. The van der Waals surface area contributed by atoms with Crippen molar-refractivity contribution in [2.24, 2.45) is 18.9 Å². The van der Waals surface area contributed by atoms with Crippen molar-refractivity contribution in [1.82, 2.24) is 19.4 Å². The SMILES string of the molecule is Cc1ccnc(C(NC(=O)c2cc(Cn3ccn(C)c3=N)cc(OCC3CC3)c2)C2CC2)c1. The Morgan fingerprint density at radius 2 is 2.03 bits per heavy atom. The van der Waals surface area contributed by atoms with Crippen LogP contribution in [0.25, 0.3) is 0 Å². The smallest absolute Gasteiger partial charge is 0.251 e. The predicted molar refractivity (Wildman–Crippen MR) is 125 cm³/mol. The zero-order valence-electron chi connectivity index (χ0n) is 19.3. The van der Waals surface area contributed by atoms with Crippen molar-refractivity contribution in [2.75, 3.05) is 6.61 Å². The molecule has 1 unspecified atom stereocenters. The molecule has 2 heterocycles. The Kier molecular flexibility index (Phi) is 5.79. The lowest BCUT2D eigenvalue weighted by Crippen LogP contribution is -2.30. The number of pyridine rings is 1. The summed E-state index contributed by atoms with van der Waals surface area (Å²) in [6.45, 7) is 3.24. The fourth-order valence-corrected chi connectivity index (χ4v) is 4.13. The molecule has 3 aromatic rings. The molecule has 2 N–H and O–H groups in total. The number of aromatic nitrogens is 3. The van der Waals surface area contributed by atoms with Gasteiger partial charge in [0, 0.05) is 31.2 Å². The molecule has 0 radical (unpaired) electrons. The number of imidazole rings is 1. The summed E-state index contributed by atoms with van der Waals surface area (Å²) >= 11 is 0. The highest BCUT2D eigenvalue weighted by molar-refractivity contribution is 5.95. The topological polar surface area (TPSA) is 84.9 Å². The van der Waals surface area contributed by atoms with E-state index in [9.17, 15) is 4.79 Å². The van der Waals surface area contributed by atoms with Gasteiger partial charge in [-0.2, -0.15) is 0 Å². The highest BCUT2D eigenvalue weighted by Crippen LogP contribution is 2.40. The van der Waals surface area contributed by atoms with E-state index in [0.29, 0.717) is 41.9 Å². The Hall–Kier alpha value is -3.35. The summed E-state index contributed by atoms with van der Waals surface area (Å²) in [6.07, 6.45) is 10.2. The Morgan fingerprint density at radius 3 is 2.70 bits per heavy atom. The molecule has 2 aliphatic rings. The van der Waals surface area contributed by atoms with Crippen LogP contribution in [0.4, 0.5) is 0 Å². The summed E-state index contributed by atoms with van der Waals surface area (Å²) in [6, 6.07) is 9.69. The van der Waals surface area contributed by atoms with E-state index >= 15 is 0 Å². The minimum atomic E-state index is -0.113. The molecule has 2 aliphatic carbocycles. The standard InChI is InChI=1S/C26H31N5O2/c1-17-7-8-28-23(11-17)24(20-5-6-20)29-25(32)21-12-19(15-31-10-9-30(2)26(31)27)13-22(14-21)33-16-18-3-4-18/h7-14,18,20,24,27H,3-6,15-16H2,1-2H3,(H,29,32). The van der Waals surface area contributed by atoms with Gasteiger partial charge in [0.15, 0.2) is 0 Å². The number of ether oxygens (including phenoxy) is 1. The Bertz CT molecular complexity index is 1220. The first kappa shape index (κ1) is 21.5. The second kappa shape index (κ2) is 8.89. The maximum Gasteiger partial charge on any atom is 0.251 e. The van der Waals surface area contributed by atoms with Gasteiger partial charge in [-0.05, 0) is 85.9 Å². The summed E-state index contributed by atoms with van der Waals surface area (Å²) in [5.41, 5.74) is 3.99. The Balaban J connectivity index is 1.41. The van der Waals surface area contributed by atoms with E-state index in [1.807, 2.05) is 61.4 Å². The van der Waals surface area contributed by atoms with Crippen LogP contribution in [-0.4, -0.2) is 26.6 Å². The largest absolute Gasteiger partial charge is 0.493 e. The molecule has 0 bridgehead atoms. The average Bonchev–Trinajstić information content (AvgIpc) is 3.72. The summed E-state index contributed by atoms with van der Waals surface area (Å²) < 4.78 is 9.66. The minimum absolute atomic E-state index is 0.0831. The quantitative estimate of drug-likeness (QED) is 0.526. The van der Waals surface area contributed by atoms with Crippen LogP contribution in [0.2, 0.25) is 0 Å². The van der Waals surface area contributed by atoms with E-state index in [-0.39, 0.29) is 11.9 Å². The van der Waals surface area contributed by atoms with Crippen LogP contribution in [0, 0.1) is 24.2 Å². The third kappa shape index (κ3) is 5.18. The molecule has 2 saturated carbocycles. The van der Waals surface area contributed by atoms with Gasteiger partial charge < -0.3 is 19.2 Å². The summed E-state index contributed by atoms with van der Waals surface area (Å²) in [5.74, 6) is 1.66. The maximum absolute atomic E-state index is 13.4. The average molecular weight is 446 g/mol. The second-order valence-electron chi connectivity index (χ2n) is 9.53. The van der Waals surface area contributed by atoms with Crippen molar-refractivity contribution < 1.29 is 9.53 Å². The number of carbonyl (C=O) groups excluding carboxylic acids is 1. The first-order valence-electron chi connectivity index (χ1n) is 11.7. The van der Waals surface area contributed by atoms with Gasteiger partial charge in [0.25, 0.3) is 5.91 Å². The molecule has 1 aromatic carbocycles. The number of carbonyl (C=O) groups is 1. The molecule has 7 heteroatoms.